The highest BCUT2D eigenvalue weighted by Crippen LogP contribution is 2.16. The van der Waals surface area contributed by atoms with Gasteiger partial charge in [-0.15, -0.1) is 0 Å². The molecule has 1 amide bonds. The fraction of sp³-hybridized carbons (Fsp3) is 0.158. The van der Waals surface area contributed by atoms with Crippen molar-refractivity contribution in [2.45, 2.75) is 20.4 Å². The summed E-state index contributed by atoms with van der Waals surface area (Å²) in [7, 11) is 0. The zero-order valence-electron chi connectivity index (χ0n) is 13.6. The molecule has 122 valence electrons. The van der Waals surface area contributed by atoms with E-state index in [1.54, 1.807) is 22.9 Å². The smallest absolute Gasteiger partial charge is 0.272 e. The average molecular weight is 340 g/mol. The number of carbonyl (C=O) groups is 1. The molecule has 0 spiro atoms. The van der Waals surface area contributed by atoms with Crippen LogP contribution in [0.2, 0.25) is 5.02 Å². The first-order chi connectivity index (χ1) is 11.5. The number of hydrogen-bond acceptors (Lipinski definition) is 2. The largest absolute Gasteiger partial charge is 0.347 e. The standard InChI is InChI=1S/C19H18ClN3O/c1-13-5-3-4-6-15(13)12-21-19(24)18-11-14(2)23(22-18)17-9-7-16(20)8-10-17/h3-11H,12H2,1-2H3,(H,21,24). The first-order valence-electron chi connectivity index (χ1n) is 7.70. The highest BCUT2D eigenvalue weighted by atomic mass is 35.5. The van der Waals surface area contributed by atoms with Gasteiger partial charge in [0.15, 0.2) is 5.69 Å². The number of amides is 1. The molecule has 3 aromatic rings. The van der Waals surface area contributed by atoms with E-state index in [0.29, 0.717) is 17.3 Å². The molecule has 0 atom stereocenters. The maximum Gasteiger partial charge on any atom is 0.272 e. The molecule has 0 unspecified atom stereocenters. The third kappa shape index (κ3) is 3.49. The molecule has 0 saturated heterocycles. The van der Waals surface area contributed by atoms with Gasteiger partial charge in [0, 0.05) is 17.3 Å². The Balaban J connectivity index is 1.75. The normalized spacial score (nSPS) is 10.6. The van der Waals surface area contributed by atoms with Gasteiger partial charge < -0.3 is 5.32 Å². The van der Waals surface area contributed by atoms with Gasteiger partial charge in [-0.2, -0.15) is 5.10 Å². The Hall–Kier alpha value is -2.59. The highest BCUT2D eigenvalue weighted by molar-refractivity contribution is 6.30. The van der Waals surface area contributed by atoms with E-state index in [1.165, 1.54) is 0 Å². The molecule has 2 aromatic carbocycles. The van der Waals surface area contributed by atoms with Crippen LogP contribution in [0.3, 0.4) is 0 Å². The Morgan fingerprint density at radius 1 is 1.12 bits per heavy atom. The molecule has 1 N–H and O–H groups in total. The van der Waals surface area contributed by atoms with Crippen LogP contribution in [-0.4, -0.2) is 15.7 Å². The predicted octanol–water partition coefficient (Wildman–Crippen LogP) is 4.07. The fourth-order valence-electron chi connectivity index (χ4n) is 2.50. The molecule has 0 aliphatic carbocycles. The van der Waals surface area contributed by atoms with Crippen LogP contribution in [0.25, 0.3) is 5.69 Å². The first-order valence-corrected chi connectivity index (χ1v) is 8.08. The first kappa shape index (κ1) is 16.3. The summed E-state index contributed by atoms with van der Waals surface area (Å²) in [6.07, 6.45) is 0. The molecule has 5 heteroatoms. The Morgan fingerprint density at radius 2 is 1.83 bits per heavy atom. The Labute approximate surface area is 146 Å². The molecule has 3 rings (SSSR count). The summed E-state index contributed by atoms with van der Waals surface area (Å²) in [6.45, 7) is 4.43. The summed E-state index contributed by atoms with van der Waals surface area (Å²) in [5.41, 5.74) is 4.41. The van der Waals surface area contributed by atoms with E-state index in [2.05, 4.69) is 10.4 Å². The fourth-order valence-corrected chi connectivity index (χ4v) is 2.63. The number of hydrogen-bond donors (Lipinski definition) is 1. The molecular weight excluding hydrogens is 322 g/mol. The number of aromatic nitrogens is 2. The van der Waals surface area contributed by atoms with Crippen molar-refractivity contribution in [1.29, 1.82) is 0 Å². The van der Waals surface area contributed by atoms with Gasteiger partial charge >= 0.3 is 0 Å². The second kappa shape index (κ2) is 6.89. The topological polar surface area (TPSA) is 46.9 Å². The van der Waals surface area contributed by atoms with Crippen LogP contribution in [0.5, 0.6) is 0 Å². The third-order valence-electron chi connectivity index (χ3n) is 3.89. The van der Waals surface area contributed by atoms with Crippen molar-refractivity contribution in [2.24, 2.45) is 0 Å². The molecule has 4 nitrogen and oxygen atoms in total. The lowest BCUT2D eigenvalue weighted by Gasteiger charge is -2.06. The van der Waals surface area contributed by atoms with Gasteiger partial charge in [-0.05, 0) is 55.3 Å². The molecule has 0 fully saturated rings. The second-order valence-corrected chi connectivity index (χ2v) is 6.10. The molecule has 0 aliphatic heterocycles. The quantitative estimate of drug-likeness (QED) is 0.778. The number of nitrogens with zero attached hydrogens (tertiary/aromatic N) is 2. The van der Waals surface area contributed by atoms with Crippen molar-refractivity contribution < 1.29 is 4.79 Å². The maximum absolute atomic E-state index is 12.4. The van der Waals surface area contributed by atoms with Gasteiger partial charge in [-0.1, -0.05) is 35.9 Å². The van der Waals surface area contributed by atoms with Crippen molar-refractivity contribution in [3.05, 3.63) is 82.1 Å². The molecule has 0 radical (unpaired) electrons. The molecular formula is C19H18ClN3O. The predicted molar refractivity (Wildman–Crippen MR) is 95.7 cm³/mol. The summed E-state index contributed by atoms with van der Waals surface area (Å²) >= 11 is 5.91. The molecule has 1 aromatic heterocycles. The van der Waals surface area contributed by atoms with E-state index in [4.69, 9.17) is 11.6 Å². The lowest BCUT2D eigenvalue weighted by atomic mass is 10.1. The minimum absolute atomic E-state index is 0.186. The number of halogens is 1. The van der Waals surface area contributed by atoms with Gasteiger partial charge in [0.05, 0.1) is 5.69 Å². The van der Waals surface area contributed by atoms with Gasteiger partial charge in [-0.25, -0.2) is 4.68 Å². The van der Waals surface area contributed by atoms with Gasteiger partial charge in [-0.3, -0.25) is 4.79 Å². The van der Waals surface area contributed by atoms with Crippen LogP contribution in [0, 0.1) is 13.8 Å². The van der Waals surface area contributed by atoms with Crippen molar-refractivity contribution in [2.75, 3.05) is 0 Å². The summed E-state index contributed by atoms with van der Waals surface area (Å²) in [6, 6.07) is 17.1. The average Bonchev–Trinajstić information content (AvgIpc) is 2.96. The van der Waals surface area contributed by atoms with Gasteiger partial charge in [0.25, 0.3) is 5.91 Å². The molecule has 1 heterocycles. The minimum Gasteiger partial charge on any atom is -0.347 e. The maximum atomic E-state index is 12.4. The van der Waals surface area contributed by atoms with E-state index < -0.39 is 0 Å². The number of carbonyl (C=O) groups excluding carboxylic acids is 1. The van der Waals surface area contributed by atoms with Gasteiger partial charge in [0.1, 0.15) is 0 Å². The minimum atomic E-state index is -0.186. The SMILES string of the molecule is Cc1ccccc1CNC(=O)c1cc(C)n(-c2ccc(Cl)cc2)n1. The number of aryl methyl sites for hydroxylation is 2. The Morgan fingerprint density at radius 3 is 2.54 bits per heavy atom. The third-order valence-corrected chi connectivity index (χ3v) is 4.14. The van der Waals surface area contributed by atoms with Crippen LogP contribution in [0.1, 0.15) is 27.3 Å². The van der Waals surface area contributed by atoms with Crippen molar-refractivity contribution in [3.8, 4) is 5.69 Å². The van der Waals surface area contributed by atoms with E-state index >= 15 is 0 Å². The monoisotopic (exact) mass is 339 g/mol. The van der Waals surface area contributed by atoms with E-state index in [1.807, 2.05) is 50.2 Å². The summed E-state index contributed by atoms with van der Waals surface area (Å²) in [5, 5.41) is 7.99. The second-order valence-electron chi connectivity index (χ2n) is 5.67. The Kier molecular flexibility index (Phi) is 4.67. The van der Waals surface area contributed by atoms with E-state index in [-0.39, 0.29) is 5.91 Å². The number of nitrogens with one attached hydrogen (secondary N) is 1. The van der Waals surface area contributed by atoms with Crippen LogP contribution in [0.4, 0.5) is 0 Å². The van der Waals surface area contributed by atoms with Crippen molar-refractivity contribution >= 4 is 17.5 Å². The zero-order valence-corrected chi connectivity index (χ0v) is 14.3. The van der Waals surface area contributed by atoms with Crippen molar-refractivity contribution in [3.63, 3.8) is 0 Å². The van der Waals surface area contributed by atoms with E-state index in [0.717, 1.165) is 22.5 Å². The lowest BCUT2D eigenvalue weighted by molar-refractivity contribution is 0.0945. The van der Waals surface area contributed by atoms with Crippen molar-refractivity contribution in [1.82, 2.24) is 15.1 Å². The van der Waals surface area contributed by atoms with Crippen LogP contribution in [0.15, 0.2) is 54.6 Å². The molecule has 0 saturated carbocycles. The lowest BCUT2D eigenvalue weighted by Crippen LogP contribution is -2.23. The summed E-state index contributed by atoms with van der Waals surface area (Å²) in [5.74, 6) is -0.186. The number of benzene rings is 2. The number of rotatable bonds is 4. The van der Waals surface area contributed by atoms with Crippen LogP contribution >= 0.6 is 11.6 Å². The molecule has 0 bridgehead atoms. The molecule has 24 heavy (non-hydrogen) atoms. The van der Waals surface area contributed by atoms with Crippen LogP contribution < -0.4 is 5.32 Å². The molecule has 0 aliphatic rings. The summed E-state index contributed by atoms with van der Waals surface area (Å²) in [4.78, 5) is 12.4. The van der Waals surface area contributed by atoms with E-state index in [9.17, 15) is 4.79 Å². The Bertz CT molecular complexity index is 869. The van der Waals surface area contributed by atoms with Crippen LogP contribution in [-0.2, 0) is 6.54 Å². The highest BCUT2D eigenvalue weighted by Gasteiger charge is 2.13. The zero-order chi connectivity index (χ0) is 17.1. The van der Waals surface area contributed by atoms with Gasteiger partial charge in [0.2, 0.25) is 0 Å². The summed E-state index contributed by atoms with van der Waals surface area (Å²) < 4.78 is 1.74.